The molecule has 0 saturated heterocycles. The van der Waals surface area contributed by atoms with E-state index in [1.165, 1.54) is 6.07 Å². The molecule has 0 atom stereocenters. The summed E-state index contributed by atoms with van der Waals surface area (Å²) < 4.78 is 122. The van der Waals surface area contributed by atoms with Crippen molar-refractivity contribution in [3.05, 3.63) is 53.7 Å². The van der Waals surface area contributed by atoms with Crippen LogP contribution >= 0.6 is 0 Å². The predicted molar refractivity (Wildman–Crippen MR) is 79.1 cm³/mol. The standard InChI is InChI=1S/C16H9F9N2O2/c17-13(18,14(19,20)15(21,22)16(23,24)25)9-2-4-10(5-3-9)29-11-6-1-8(7-27-11)12(26)28/h1-7H,(H2,26,28). The molecule has 29 heavy (non-hydrogen) atoms. The molecule has 0 aliphatic carbocycles. The van der Waals surface area contributed by atoms with Crippen LogP contribution in [0.5, 0.6) is 11.6 Å². The van der Waals surface area contributed by atoms with Crippen LogP contribution < -0.4 is 10.5 Å². The fraction of sp³-hybridized carbons (Fsp3) is 0.250. The molecule has 0 radical (unpaired) electrons. The maximum absolute atomic E-state index is 13.8. The average molecular weight is 432 g/mol. The van der Waals surface area contributed by atoms with Gasteiger partial charge in [-0.1, -0.05) is 0 Å². The zero-order valence-corrected chi connectivity index (χ0v) is 13.8. The van der Waals surface area contributed by atoms with Crippen LogP contribution in [0, 0.1) is 0 Å². The number of benzene rings is 1. The molecule has 0 aliphatic rings. The van der Waals surface area contributed by atoms with Crippen molar-refractivity contribution < 1.29 is 49.0 Å². The number of rotatable bonds is 6. The highest BCUT2D eigenvalue weighted by molar-refractivity contribution is 5.92. The number of aromatic nitrogens is 1. The van der Waals surface area contributed by atoms with Gasteiger partial charge in [0.15, 0.2) is 0 Å². The van der Waals surface area contributed by atoms with Crippen molar-refractivity contribution in [2.45, 2.75) is 23.9 Å². The van der Waals surface area contributed by atoms with E-state index in [9.17, 15) is 44.3 Å². The Kier molecular flexibility index (Phi) is 5.47. The minimum absolute atomic E-state index is 0.0140. The van der Waals surface area contributed by atoms with E-state index in [-0.39, 0.29) is 29.3 Å². The van der Waals surface area contributed by atoms with Gasteiger partial charge in [-0.25, -0.2) is 4.98 Å². The summed E-state index contributed by atoms with van der Waals surface area (Å²) in [6.07, 6.45) is -5.88. The SMILES string of the molecule is NC(=O)c1ccc(Oc2ccc(C(F)(F)C(F)(F)C(F)(F)C(F)(F)F)cc2)nc1. The predicted octanol–water partition coefficient (Wildman–Crippen LogP) is 4.90. The molecule has 0 spiro atoms. The number of nitrogens with two attached hydrogens (primary N) is 1. The van der Waals surface area contributed by atoms with E-state index < -0.39 is 35.4 Å². The maximum Gasteiger partial charge on any atom is 0.460 e. The highest BCUT2D eigenvalue weighted by Gasteiger charge is 2.81. The number of pyridine rings is 1. The number of nitrogens with zero attached hydrogens (tertiary/aromatic N) is 1. The van der Waals surface area contributed by atoms with Gasteiger partial charge >= 0.3 is 23.9 Å². The van der Waals surface area contributed by atoms with Gasteiger partial charge in [0.25, 0.3) is 0 Å². The van der Waals surface area contributed by atoms with E-state index in [0.29, 0.717) is 12.1 Å². The molecule has 1 aromatic carbocycles. The first-order valence-electron chi connectivity index (χ1n) is 7.35. The Morgan fingerprint density at radius 1 is 0.828 bits per heavy atom. The first-order valence-corrected chi connectivity index (χ1v) is 7.35. The number of carbonyl (C=O) groups excluding carboxylic acids is 1. The summed E-state index contributed by atoms with van der Waals surface area (Å²) in [5.74, 6) is -20.9. The number of hydrogen-bond acceptors (Lipinski definition) is 3. The Labute approximate surface area is 156 Å². The minimum Gasteiger partial charge on any atom is -0.439 e. The number of alkyl halides is 9. The summed E-state index contributed by atoms with van der Waals surface area (Å²) in [6.45, 7) is 0. The third kappa shape index (κ3) is 3.93. The van der Waals surface area contributed by atoms with Gasteiger partial charge in [-0.15, -0.1) is 0 Å². The summed E-state index contributed by atoms with van der Waals surface area (Å²) in [6, 6.07) is 4.03. The lowest BCUT2D eigenvalue weighted by atomic mass is 9.97. The van der Waals surface area contributed by atoms with Crippen molar-refractivity contribution in [2.75, 3.05) is 0 Å². The van der Waals surface area contributed by atoms with Crippen LogP contribution in [0.1, 0.15) is 15.9 Å². The second-order valence-electron chi connectivity index (χ2n) is 5.60. The first-order chi connectivity index (χ1) is 13.1. The second-order valence-corrected chi connectivity index (χ2v) is 5.60. The number of ether oxygens (including phenoxy) is 1. The van der Waals surface area contributed by atoms with Crippen molar-refractivity contribution in [1.29, 1.82) is 0 Å². The van der Waals surface area contributed by atoms with E-state index in [2.05, 4.69) is 4.98 Å². The Bertz CT molecular complexity index is 879. The fourth-order valence-corrected chi connectivity index (χ4v) is 2.00. The van der Waals surface area contributed by atoms with E-state index >= 15 is 0 Å². The summed E-state index contributed by atoms with van der Waals surface area (Å²) in [5, 5.41) is 0. The van der Waals surface area contributed by atoms with Crippen molar-refractivity contribution >= 4 is 5.91 Å². The summed E-state index contributed by atoms with van der Waals surface area (Å²) in [5.41, 5.74) is 3.21. The first kappa shape index (κ1) is 22.3. The van der Waals surface area contributed by atoms with Crippen LogP contribution in [-0.4, -0.2) is 28.9 Å². The molecule has 0 bridgehead atoms. The van der Waals surface area contributed by atoms with Crippen LogP contribution in [0.4, 0.5) is 39.5 Å². The van der Waals surface area contributed by atoms with Crippen molar-refractivity contribution in [2.24, 2.45) is 5.73 Å². The highest BCUT2D eigenvalue weighted by Crippen LogP contribution is 2.56. The quantitative estimate of drug-likeness (QED) is 0.661. The van der Waals surface area contributed by atoms with E-state index in [0.717, 1.165) is 12.3 Å². The third-order valence-corrected chi connectivity index (χ3v) is 3.60. The largest absolute Gasteiger partial charge is 0.460 e. The zero-order valence-electron chi connectivity index (χ0n) is 13.8. The number of halogens is 9. The highest BCUT2D eigenvalue weighted by atomic mass is 19.4. The lowest BCUT2D eigenvalue weighted by molar-refractivity contribution is -0.399. The average Bonchev–Trinajstić information content (AvgIpc) is 2.61. The van der Waals surface area contributed by atoms with Crippen LogP contribution in [-0.2, 0) is 5.92 Å². The number of hydrogen-bond donors (Lipinski definition) is 1. The second kappa shape index (κ2) is 7.12. The van der Waals surface area contributed by atoms with Gasteiger partial charge in [0.2, 0.25) is 11.8 Å². The van der Waals surface area contributed by atoms with Crippen molar-refractivity contribution in [3.63, 3.8) is 0 Å². The summed E-state index contributed by atoms with van der Waals surface area (Å²) >= 11 is 0. The smallest absolute Gasteiger partial charge is 0.439 e. The van der Waals surface area contributed by atoms with Gasteiger partial charge in [-0.2, -0.15) is 39.5 Å². The van der Waals surface area contributed by atoms with Crippen molar-refractivity contribution in [1.82, 2.24) is 4.98 Å². The molecule has 1 heterocycles. The van der Waals surface area contributed by atoms with Gasteiger partial charge in [0.05, 0.1) is 5.56 Å². The molecule has 158 valence electrons. The van der Waals surface area contributed by atoms with Gasteiger partial charge in [-0.3, -0.25) is 4.79 Å². The number of primary amides is 1. The Hall–Kier alpha value is -2.99. The lowest BCUT2D eigenvalue weighted by Gasteiger charge is -2.33. The number of amides is 1. The normalized spacial score (nSPS) is 13.3. The number of carbonyl (C=O) groups is 1. The topological polar surface area (TPSA) is 65.2 Å². The maximum atomic E-state index is 13.8. The molecule has 1 amide bonds. The third-order valence-electron chi connectivity index (χ3n) is 3.60. The Morgan fingerprint density at radius 2 is 1.38 bits per heavy atom. The molecule has 2 aromatic rings. The van der Waals surface area contributed by atoms with Crippen LogP contribution in [0.15, 0.2) is 42.6 Å². The molecular formula is C16H9F9N2O2. The van der Waals surface area contributed by atoms with Gasteiger partial charge < -0.3 is 10.5 Å². The van der Waals surface area contributed by atoms with Gasteiger partial charge in [0, 0.05) is 17.8 Å². The minimum atomic E-state index is -6.98. The van der Waals surface area contributed by atoms with E-state index in [1.54, 1.807) is 0 Å². The van der Waals surface area contributed by atoms with Crippen LogP contribution in [0.25, 0.3) is 0 Å². The molecule has 13 heteroatoms. The molecule has 1 aromatic heterocycles. The van der Waals surface area contributed by atoms with Crippen molar-refractivity contribution in [3.8, 4) is 11.6 Å². The van der Waals surface area contributed by atoms with E-state index in [4.69, 9.17) is 10.5 Å². The molecule has 0 unspecified atom stereocenters. The zero-order chi connectivity index (χ0) is 22.3. The monoisotopic (exact) mass is 432 g/mol. The molecule has 4 nitrogen and oxygen atoms in total. The van der Waals surface area contributed by atoms with Crippen LogP contribution in [0.2, 0.25) is 0 Å². The summed E-state index contributed by atoms with van der Waals surface area (Å²) in [7, 11) is 0. The molecule has 2 N–H and O–H groups in total. The van der Waals surface area contributed by atoms with E-state index in [1.807, 2.05) is 0 Å². The van der Waals surface area contributed by atoms with Gasteiger partial charge in [0.1, 0.15) is 5.75 Å². The van der Waals surface area contributed by atoms with Gasteiger partial charge in [-0.05, 0) is 30.3 Å². The molecule has 0 saturated carbocycles. The van der Waals surface area contributed by atoms with Crippen LogP contribution in [0.3, 0.4) is 0 Å². The Balaban J connectivity index is 2.27. The fourth-order valence-electron chi connectivity index (χ4n) is 2.00. The summed E-state index contributed by atoms with van der Waals surface area (Å²) in [4.78, 5) is 14.6. The molecule has 0 aliphatic heterocycles. The molecule has 0 fully saturated rings. The Morgan fingerprint density at radius 3 is 1.79 bits per heavy atom. The lowest BCUT2D eigenvalue weighted by Crippen LogP contribution is -2.59. The molecular weight excluding hydrogens is 423 g/mol. The molecule has 2 rings (SSSR count).